The van der Waals surface area contributed by atoms with Gasteiger partial charge in [0.05, 0.1) is 33.9 Å². The van der Waals surface area contributed by atoms with Crippen molar-refractivity contribution in [2.24, 2.45) is 0 Å². The SMILES string of the molecule is CCOc1ccc(/C=C/C(=O)CC(=O)/C=C/c2ccc(OCC)c(OC)c2)cc1OC. The molecule has 0 saturated carbocycles. The van der Waals surface area contributed by atoms with E-state index >= 15 is 0 Å². The number of carbonyl (C=O) groups excluding carboxylic acids is 2. The molecule has 0 unspecified atom stereocenters. The Morgan fingerprint density at radius 2 is 1.13 bits per heavy atom. The van der Waals surface area contributed by atoms with Crippen LogP contribution in [0, 0.1) is 0 Å². The van der Waals surface area contributed by atoms with Crippen LogP contribution in [0.3, 0.4) is 0 Å². The molecule has 0 atom stereocenters. The zero-order valence-electron chi connectivity index (χ0n) is 18.3. The first-order chi connectivity index (χ1) is 15.0. The fourth-order valence-electron chi connectivity index (χ4n) is 2.79. The van der Waals surface area contributed by atoms with Gasteiger partial charge >= 0.3 is 0 Å². The number of ketones is 2. The predicted molar refractivity (Wildman–Crippen MR) is 121 cm³/mol. The van der Waals surface area contributed by atoms with Crippen LogP contribution in [0.1, 0.15) is 31.4 Å². The largest absolute Gasteiger partial charge is 0.493 e. The molecular weight excluding hydrogens is 396 g/mol. The summed E-state index contributed by atoms with van der Waals surface area (Å²) in [6.07, 6.45) is 5.86. The Labute approximate surface area is 183 Å². The van der Waals surface area contributed by atoms with Crippen LogP contribution in [0.25, 0.3) is 12.2 Å². The fraction of sp³-hybridized carbons (Fsp3) is 0.280. The molecule has 0 radical (unpaired) electrons. The lowest BCUT2D eigenvalue weighted by molar-refractivity contribution is -0.121. The number of benzene rings is 2. The van der Waals surface area contributed by atoms with Gasteiger partial charge in [0.25, 0.3) is 0 Å². The zero-order chi connectivity index (χ0) is 22.6. The number of hydrogen-bond acceptors (Lipinski definition) is 6. The van der Waals surface area contributed by atoms with Crippen LogP contribution in [0.4, 0.5) is 0 Å². The van der Waals surface area contributed by atoms with E-state index in [0.29, 0.717) is 36.2 Å². The Morgan fingerprint density at radius 1 is 0.710 bits per heavy atom. The standard InChI is InChI=1S/C25H28O6/c1-5-30-22-13-9-18(15-24(22)28-3)7-11-20(26)17-21(27)12-8-19-10-14-23(31-6-2)25(16-19)29-4/h7-16H,5-6,17H2,1-4H3/b11-7+,12-8+. The van der Waals surface area contributed by atoms with Crippen LogP contribution in [-0.4, -0.2) is 39.0 Å². The van der Waals surface area contributed by atoms with Crippen LogP contribution < -0.4 is 18.9 Å². The maximum Gasteiger partial charge on any atom is 0.163 e. The van der Waals surface area contributed by atoms with Gasteiger partial charge in [-0.1, -0.05) is 24.3 Å². The molecular formula is C25H28O6. The molecule has 0 aliphatic carbocycles. The van der Waals surface area contributed by atoms with E-state index in [-0.39, 0.29) is 18.0 Å². The van der Waals surface area contributed by atoms with E-state index in [1.807, 2.05) is 26.0 Å². The van der Waals surface area contributed by atoms with Crippen LogP contribution in [0.2, 0.25) is 0 Å². The average Bonchev–Trinajstić information content (AvgIpc) is 2.78. The first kappa shape index (κ1) is 23.7. The number of ether oxygens (including phenoxy) is 4. The van der Waals surface area contributed by atoms with Gasteiger partial charge in [-0.2, -0.15) is 0 Å². The molecule has 2 aromatic carbocycles. The van der Waals surface area contributed by atoms with Gasteiger partial charge < -0.3 is 18.9 Å². The van der Waals surface area contributed by atoms with E-state index in [2.05, 4.69) is 0 Å². The van der Waals surface area contributed by atoms with Crippen molar-refractivity contribution >= 4 is 23.7 Å². The summed E-state index contributed by atoms with van der Waals surface area (Å²) in [5, 5.41) is 0. The summed E-state index contributed by atoms with van der Waals surface area (Å²) in [4.78, 5) is 24.3. The lowest BCUT2D eigenvalue weighted by atomic mass is 10.1. The molecule has 0 N–H and O–H groups in total. The molecule has 6 nitrogen and oxygen atoms in total. The Morgan fingerprint density at radius 3 is 1.48 bits per heavy atom. The third-order valence-electron chi connectivity index (χ3n) is 4.25. The maximum absolute atomic E-state index is 12.1. The van der Waals surface area contributed by atoms with E-state index in [9.17, 15) is 9.59 Å². The Hall–Kier alpha value is -3.54. The highest BCUT2D eigenvalue weighted by Crippen LogP contribution is 2.29. The predicted octanol–water partition coefficient (Wildman–Crippen LogP) is 4.76. The van der Waals surface area contributed by atoms with Gasteiger partial charge in [0.2, 0.25) is 0 Å². The zero-order valence-corrected chi connectivity index (χ0v) is 18.3. The molecule has 0 saturated heterocycles. The van der Waals surface area contributed by atoms with E-state index < -0.39 is 0 Å². The number of methoxy groups -OCH3 is 2. The fourth-order valence-corrected chi connectivity index (χ4v) is 2.79. The lowest BCUT2D eigenvalue weighted by Gasteiger charge is -2.09. The maximum atomic E-state index is 12.1. The molecule has 0 fully saturated rings. The first-order valence-corrected chi connectivity index (χ1v) is 10.0. The Kier molecular flexibility index (Phi) is 9.36. The molecule has 164 valence electrons. The highest BCUT2D eigenvalue weighted by molar-refractivity contribution is 6.10. The molecule has 0 bridgehead atoms. The quantitative estimate of drug-likeness (QED) is 0.362. The van der Waals surface area contributed by atoms with Crippen LogP contribution >= 0.6 is 0 Å². The van der Waals surface area contributed by atoms with Crippen molar-refractivity contribution in [1.29, 1.82) is 0 Å². The topological polar surface area (TPSA) is 71.1 Å². The highest BCUT2D eigenvalue weighted by atomic mass is 16.5. The summed E-state index contributed by atoms with van der Waals surface area (Å²) in [6.45, 7) is 4.85. The average molecular weight is 424 g/mol. The Balaban J connectivity index is 1.97. The smallest absolute Gasteiger partial charge is 0.163 e. The van der Waals surface area contributed by atoms with Gasteiger partial charge in [0.1, 0.15) is 0 Å². The summed E-state index contributed by atoms with van der Waals surface area (Å²) in [6, 6.07) is 10.7. The molecule has 0 heterocycles. The van der Waals surface area contributed by atoms with Crippen molar-refractivity contribution < 1.29 is 28.5 Å². The van der Waals surface area contributed by atoms with E-state index in [4.69, 9.17) is 18.9 Å². The number of hydrogen-bond donors (Lipinski definition) is 0. The summed E-state index contributed by atoms with van der Waals surface area (Å²) in [7, 11) is 3.11. The molecule has 31 heavy (non-hydrogen) atoms. The van der Waals surface area contributed by atoms with Gasteiger partial charge in [-0.05, 0) is 61.4 Å². The van der Waals surface area contributed by atoms with Crippen LogP contribution in [0.15, 0.2) is 48.6 Å². The first-order valence-electron chi connectivity index (χ1n) is 10.0. The minimum Gasteiger partial charge on any atom is -0.493 e. The van der Waals surface area contributed by atoms with Crippen LogP contribution in [-0.2, 0) is 9.59 Å². The van der Waals surface area contributed by atoms with Gasteiger partial charge in [-0.15, -0.1) is 0 Å². The molecule has 0 aromatic heterocycles. The van der Waals surface area contributed by atoms with Gasteiger partial charge in [-0.25, -0.2) is 0 Å². The van der Waals surface area contributed by atoms with E-state index in [0.717, 1.165) is 11.1 Å². The number of rotatable bonds is 12. The highest BCUT2D eigenvalue weighted by Gasteiger charge is 2.07. The van der Waals surface area contributed by atoms with Gasteiger partial charge in [0, 0.05) is 0 Å². The van der Waals surface area contributed by atoms with Crippen molar-refractivity contribution in [2.45, 2.75) is 20.3 Å². The summed E-state index contributed by atoms with van der Waals surface area (Å²) < 4.78 is 21.5. The second-order valence-corrected chi connectivity index (χ2v) is 6.46. The van der Waals surface area contributed by atoms with Crippen molar-refractivity contribution in [3.63, 3.8) is 0 Å². The van der Waals surface area contributed by atoms with Gasteiger partial charge in [-0.3, -0.25) is 9.59 Å². The second-order valence-electron chi connectivity index (χ2n) is 6.46. The summed E-state index contributed by atoms with van der Waals surface area (Å²) >= 11 is 0. The molecule has 0 aliphatic rings. The molecule has 2 aromatic rings. The minimum atomic E-state index is -0.285. The lowest BCUT2D eigenvalue weighted by Crippen LogP contribution is -2.02. The molecule has 2 rings (SSSR count). The molecule has 0 spiro atoms. The van der Waals surface area contributed by atoms with Crippen molar-refractivity contribution in [3.05, 3.63) is 59.7 Å². The molecule has 6 heteroatoms. The Bertz CT molecular complexity index is 881. The second kappa shape index (κ2) is 12.2. The monoisotopic (exact) mass is 424 g/mol. The molecule has 0 aliphatic heterocycles. The third-order valence-corrected chi connectivity index (χ3v) is 4.25. The van der Waals surface area contributed by atoms with E-state index in [1.54, 1.807) is 50.6 Å². The summed E-state index contributed by atoms with van der Waals surface area (Å²) in [5.41, 5.74) is 1.55. The van der Waals surface area contributed by atoms with E-state index in [1.165, 1.54) is 12.2 Å². The van der Waals surface area contributed by atoms with Crippen molar-refractivity contribution in [2.75, 3.05) is 27.4 Å². The normalized spacial score (nSPS) is 11.0. The van der Waals surface area contributed by atoms with Gasteiger partial charge in [0.15, 0.2) is 34.6 Å². The van der Waals surface area contributed by atoms with Crippen molar-refractivity contribution in [1.82, 2.24) is 0 Å². The molecule has 0 amide bonds. The third kappa shape index (κ3) is 7.33. The number of allylic oxidation sites excluding steroid dienone is 2. The van der Waals surface area contributed by atoms with Crippen molar-refractivity contribution in [3.8, 4) is 23.0 Å². The van der Waals surface area contributed by atoms with Crippen LogP contribution in [0.5, 0.6) is 23.0 Å². The minimum absolute atomic E-state index is 0.213. The number of carbonyl (C=O) groups is 2. The summed E-state index contributed by atoms with van der Waals surface area (Å²) in [5.74, 6) is 1.88.